The first kappa shape index (κ1) is 14.5. The summed E-state index contributed by atoms with van der Waals surface area (Å²) < 4.78 is 0. The molecule has 0 rings (SSSR count). The number of hydrogen-bond acceptors (Lipinski definition) is 3. The maximum absolute atomic E-state index is 11.5. The van der Waals surface area contributed by atoms with E-state index in [1.165, 1.54) is 0 Å². The molecule has 1 amide bonds. The van der Waals surface area contributed by atoms with Crippen molar-refractivity contribution in [1.29, 1.82) is 0 Å². The summed E-state index contributed by atoms with van der Waals surface area (Å²) in [5.74, 6) is 1.36. The van der Waals surface area contributed by atoms with Gasteiger partial charge in [-0.05, 0) is 26.9 Å². The summed E-state index contributed by atoms with van der Waals surface area (Å²) >= 11 is 0. The minimum absolute atomic E-state index is 0.114. The highest BCUT2D eigenvalue weighted by Gasteiger charge is 2.16. The average Bonchev–Trinajstić information content (AvgIpc) is 2.24. The lowest BCUT2D eigenvalue weighted by Gasteiger charge is -2.23. The summed E-state index contributed by atoms with van der Waals surface area (Å²) in [6.45, 7) is 2.54. The summed E-state index contributed by atoms with van der Waals surface area (Å²) in [7, 11) is 1.78. The molecule has 1 atom stereocenters. The molecule has 0 fully saturated rings. The van der Waals surface area contributed by atoms with Crippen molar-refractivity contribution in [3.63, 3.8) is 0 Å². The number of terminal acetylenes is 1. The van der Waals surface area contributed by atoms with Crippen molar-refractivity contribution in [2.75, 3.05) is 20.1 Å². The van der Waals surface area contributed by atoms with E-state index in [1.54, 1.807) is 18.9 Å². The van der Waals surface area contributed by atoms with Crippen LogP contribution in [0.4, 0.5) is 0 Å². The van der Waals surface area contributed by atoms with Gasteiger partial charge in [-0.3, -0.25) is 14.5 Å². The Morgan fingerprint density at radius 1 is 1.56 bits per heavy atom. The van der Waals surface area contributed by atoms with Gasteiger partial charge in [-0.15, -0.1) is 6.42 Å². The number of likely N-dealkylation sites (N-methyl/N-ethyl adjacent to an activating group) is 1. The minimum atomic E-state index is -0.821. The lowest BCUT2D eigenvalue weighted by molar-refractivity contribution is -0.137. The molecule has 0 radical (unpaired) electrons. The summed E-state index contributed by atoms with van der Waals surface area (Å²) in [5.41, 5.74) is 0. The molecule has 2 N–H and O–H groups in total. The van der Waals surface area contributed by atoms with Crippen LogP contribution in [0, 0.1) is 12.3 Å². The van der Waals surface area contributed by atoms with Gasteiger partial charge in [-0.1, -0.05) is 5.92 Å². The summed E-state index contributed by atoms with van der Waals surface area (Å²) in [6.07, 6.45) is 5.66. The Morgan fingerprint density at radius 2 is 2.19 bits per heavy atom. The second-order valence-corrected chi connectivity index (χ2v) is 3.58. The molecule has 0 bridgehead atoms. The van der Waals surface area contributed by atoms with E-state index < -0.39 is 5.97 Å². The van der Waals surface area contributed by atoms with Crippen molar-refractivity contribution < 1.29 is 14.7 Å². The van der Waals surface area contributed by atoms with Crippen molar-refractivity contribution in [2.45, 2.75) is 25.8 Å². The molecule has 90 valence electrons. The van der Waals surface area contributed by atoms with Crippen LogP contribution in [0.5, 0.6) is 0 Å². The molecule has 0 aliphatic carbocycles. The molecule has 0 heterocycles. The number of carbonyl (C=O) groups excluding carboxylic acids is 1. The third-order valence-corrected chi connectivity index (χ3v) is 2.31. The van der Waals surface area contributed by atoms with E-state index in [0.29, 0.717) is 13.0 Å². The average molecular weight is 226 g/mol. The number of amides is 1. The fraction of sp³-hybridized carbons (Fsp3) is 0.636. The van der Waals surface area contributed by atoms with E-state index in [9.17, 15) is 9.59 Å². The van der Waals surface area contributed by atoms with E-state index in [2.05, 4.69) is 11.2 Å². The molecular weight excluding hydrogens is 208 g/mol. The molecule has 5 nitrogen and oxygen atoms in total. The molecule has 0 aromatic carbocycles. The van der Waals surface area contributed by atoms with E-state index in [4.69, 9.17) is 11.5 Å². The number of carbonyl (C=O) groups is 2. The number of aliphatic carboxylic acids is 1. The van der Waals surface area contributed by atoms with Crippen molar-refractivity contribution >= 4 is 11.9 Å². The largest absolute Gasteiger partial charge is 0.481 e. The van der Waals surface area contributed by atoms with E-state index in [1.807, 2.05) is 0 Å². The SMILES string of the molecule is C#CCNC(=O)C(C)N(C)CCCC(=O)O. The van der Waals surface area contributed by atoms with Crippen molar-refractivity contribution in [1.82, 2.24) is 10.2 Å². The number of rotatable bonds is 7. The van der Waals surface area contributed by atoms with E-state index in [0.717, 1.165) is 0 Å². The first-order chi connectivity index (χ1) is 7.49. The lowest BCUT2D eigenvalue weighted by Crippen LogP contribution is -2.43. The number of nitrogens with zero attached hydrogens (tertiary/aromatic N) is 1. The molecule has 0 saturated carbocycles. The molecule has 0 aliphatic rings. The van der Waals surface area contributed by atoms with Crippen LogP contribution in [0.15, 0.2) is 0 Å². The number of hydrogen-bond donors (Lipinski definition) is 2. The summed E-state index contributed by atoms with van der Waals surface area (Å²) in [5, 5.41) is 11.0. The molecule has 0 aliphatic heterocycles. The molecular formula is C11H18N2O3. The smallest absolute Gasteiger partial charge is 0.303 e. The van der Waals surface area contributed by atoms with E-state index in [-0.39, 0.29) is 24.9 Å². The molecule has 5 heteroatoms. The Kier molecular flexibility index (Phi) is 6.97. The Balaban J connectivity index is 3.88. The number of carboxylic acid groups (broad SMARTS) is 1. The summed E-state index contributed by atoms with van der Waals surface area (Å²) in [4.78, 5) is 23.6. The van der Waals surface area contributed by atoms with Gasteiger partial charge in [0, 0.05) is 6.42 Å². The fourth-order valence-electron chi connectivity index (χ4n) is 1.16. The van der Waals surface area contributed by atoms with Gasteiger partial charge in [0.2, 0.25) is 5.91 Å². The zero-order valence-corrected chi connectivity index (χ0v) is 9.69. The number of nitrogens with one attached hydrogen (secondary N) is 1. The molecule has 0 spiro atoms. The van der Waals surface area contributed by atoms with Crippen molar-refractivity contribution in [3.05, 3.63) is 0 Å². The molecule has 1 unspecified atom stereocenters. The van der Waals surface area contributed by atoms with Crippen LogP contribution >= 0.6 is 0 Å². The minimum Gasteiger partial charge on any atom is -0.481 e. The van der Waals surface area contributed by atoms with Crippen LogP contribution in [-0.2, 0) is 9.59 Å². The Hall–Kier alpha value is -1.54. The zero-order valence-electron chi connectivity index (χ0n) is 9.69. The summed E-state index contributed by atoms with van der Waals surface area (Å²) in [6, 6.07) is -0.304. The lowest BCUT2D eigenvalue weighted by atomic mass is 10.2. The van der Waals surface area contributed by atoms with Gasteiger partial charge < -0.3 is 10.4 Å². The first-order valence-electron chi connectivity index (χ1n) is 5.12. The monoisotopic (exact) mass is 226 g/mol. The van der Waals surface area contributed by atoms with Gasteiger partial charge in [0.25, 0.3) is 0 Å². The van der Waals surface area contributed by atoms with Crippen LogP contribution in [0.1, 0.15) is 19.8 Å². The maximum atomic E-state index is 11.5. The van der Waals surface area contributed by atoms with Crippen LogP contribution in [0.2, 0.25) is 0 Å². The normalized spacial score (nSPS) is 11.9. The predicted molar refractivity (Wildman–Crippen MR) is 60.8 cm³/mol. The third kappa shape index (κ3) is 6.04. The van der Waals surface area contributed by atoms with Gasteiger partial charge >= 0.3 is 5.97 Å². The fourth-order valence-corrected chi connectivity index (χ4v) is 1.16. The predicted octanol–water partition coefficient (Wildman–Crippen LogP) is -0.0791. The van der Waals surface area contributed by atoms with E-state index >= 15 is 0 Å². The molecule has 0 aromatic heterocycles. The van der Waals surface area contributed by atoms with Crippen molar-refractivity contribution in [2.24, 2.45) is 0 Å². The van der Waals surface area contributed by atoms with Gasteiger partial charge in [0.05, 0.1) is 12.6 Å². The van der Waals surface area contributed by atoms with Crippen molar-refractivity contribution in [3.8, 4) is 12.3 Å². The Bertz CT molecular complexity index is 283. The van der Waals surface area contributed by atoms with Gasteiger partial charge in [-0.2, -0.15) is 0 Å². The Morgan fingerprint density at radius 3 is 2.69 bits per heavy atom. The topological polar surface area (TPSA) is 69.6 Å². The number of carboxylic acids is 1. The van der Waals surface area contributed by atoms with Crippen LogP contribution in [0.3, 0.4) is 0 Å². The standard InChI is InChI=1S/C11H18N2O3/c1-4-7-12-11(16)9(2)13(3)8-5-6-10(14)15/h1,9H,5-8H2,2-3H3,(H,12,16)(H,14,15). The van der Waals surface area contributed by atoms with Gasteiger partial charge in [-0.25, -0.2) is 0 Å². The Labute approximate surface area is 95.8 Å². The molecule has 0 aromatic rings. The highest BCUT2D eigenvalue weighted by atomic mass is 16.4. The second kappa shape index (κ2) is 7.71. The first-order valence-corrected chi connectivity index (χ1v) is 5.12. The molecule has 16 heavy (non-hydrogen) atoms. The van der Waals surface area contributed by atoms with Crippen LogP contribution in [-0.4, -0.2) is 48.1 Å². The van der Waals surface area contributed by atoms with Crippen LogP contribution in [0.25, 0.3) is 0 Å². The molecule has 0 saturated heterocycles. The maximum Gasteiger partial charge on any atom is 0.303 e. The highest BCUT2D eigenvalue weighted by molar-refractivity contribution is 5.81. The quantitative estimate of drug-likeness (QED) is 0.596. The van der Waals surface area contributed by atoms with Crippen LogP contribution < -0.4 is 5.32 Å². The van der Waals surface area contributed by atoms with Gasteiger partial charge in [0.15, 0.2) is 0 Å². The second-order valence-electron chi connectivity index (χ2n) is 3.58. The highest BCUT2D eigenvalue weighted by Crippen LogP contribution is 1.99. The zero-order chi connectivity index (χ0) is 12.6. The van der Waals surface area contributed by atoms with Gasteiger partial charge in [0.1, 0.15) is 0 Å². The third-order valence-electron chi connectivity index (χ3n) is 2.31.